The molecule has 0 aliphatic carbocycles. The molecule has 2 aromatic carbocycles. The van der Waals surface area contributed by atoms with Crippen LogP contribution in [0.2, 0.25) is 0 Å². The van der Waals surface area contributed by atoms with Crippen LogP contribution in [0.4, 0.5) is 0 Å². The third kappa shape index (κ3) is 5.14. The highest BCUT2D eigenvalue weighted by molar-refractivity contribution is 5.95. The Hall–Kier alpha value is -2.88. The molecule has 0 aliphatic heterocycles. The number of ether oxygens (including phenoxy) is 2. The average molecular weight is 392 g/mol. The maximum atomic E-state index is 11.8. The third-order valence-electron chi connectivity index (χ3n) is 5.21. The fourth-order valence-electron chi connectivity index (χ4n) is 3.47. The van der Waals surface area contributed by atoms with E-state index in [9.17, 15) is 4.79 Å². The summed E-state index contributed by atoms with van der Waals surface area (Å²) in [4.78, 5) is 16.5. The van der Waals surface area contributed by atoms with Crippen molar-refractivity contribution in [1.82, 2.24) is 4.98 Å². The number of fused-ring (bicyclic) bond motifs is 1. The van der Waals surface area contributed by atoms with Gasteiger partial charge in [0.1, 0.15) is 0 Å². The van der Waals surface area contributed by atoms with E-state index in [1.165, 1.54) is 12.7 Å². The van der Waals surface area contributed by atoms with E-state index in [1.54, 1.807) is 0 Å². The largest absolute Gasteiger partial charge is 0.478 e. The number of carbonyl (C=O) groups is 1. The number of hydrogen-bond acceptors (Lipinski definition) is 4. The summed E-state index contributed by atoms with van der Waals surface area (Å²) in [7, 11) is 1.43. The maximum Gasteiger partial charge on any atom is 0.311 e. The highest BCUT2D eigenvalue weighted by atomic mass is 16.5. The molecule has 1 aromatic heterocycles. The van der Waals surface area contributed by atoms with Gasteiger partial charge < -0.3 is 9.47 Å². The first-order chi connectivity index (χ1) is 13.9. The van der Waals surface area contributed by atoms with E-state index in [1.807, 2.05) is 44.2 Å². The molecule has 4 nitrogen and oxygen atoms in total. The number of benzene rings is 2. The first-order valence-corrected chi connectivity index (χ1v) is 10.1. The number of pyridine rings is 1. The van der Waals surface area contributed by atoms with Gasteiger partial charge in [0.25, 0.3) is 0 Å². The lowest BCUT2D eigenvalue weighted by molar-refractivity contribution is -0.151. The van der Waals surface area contributed by atoms with Crippen molar-refractivity contribution in [1.29, 1.82) is 0 Å². The van der Waals surface area contributed by atoms with Crippen LogP contribution >= 0.6 is 0 Å². The minimum Gasteiger partial charge on any atom is -0.478 e. The second-order valence-corrected chi connectivity index (χ2v) is 8.08. The van der Waals surface area contributed by atoms with Crippen LogP contribution in [0.15, 0.2) is 54.6 Å². The number of carbonyl (C=O) groups excluding carboxylic acids is 1. The zero-order chi connectivity index (χ0) is 20.9. The Balaban J connectivity index is 1.72. The molecule has 0 saturated heterocycles. The van der Waals surface area contributed by atoms with E-state index in [4.69, 9.17) is 14.5 Å². The lowest BCUT2D eigenvalue weighted by Crippen LogP contribution is -2.25. The predicted octanol–water partition coefficient (Wildman–Crippen LogP) is 5.96. The molecular formula is C25H29NO3. The third-order valence-corrected chi connectivity index (χ3v) is 5.21. The maximum absolute atomic E-state index is 11.8. The van der Waals surface area contributed by atoms with Gasteiger partial charge in [-0.1, -0.05) is 42.0 Å². The summed E-state index contributed by atoms with van der Waals surface area (Å²) in [6.07, 6.45) is 2.51. The van der Waals surface area contributed by atoms with Crippen LogP contribution in [0, 0.1) is 12.3 Å². The first kappa shape index (κ1) is 20.8. The number of aryl methyl sites for hydroxylation is 1. The molecular weight excluding hydrogens is 362 g/mol. The van der Waals surface area contributed by atoms with E-state index in [0.717, 1.165) is 41.3 Å². The van der Waals surface area contributed by atoms with Crippen LogP contribution in [-0.2, 0) is 9.53 Å². The lowest BCUT2D eigenvalue weighted by Gasteiger charge is -2.21. The highest BCUT2D eigenvalue weighted by Gasteiger charge is 2.27. The molecule has 0 atom stereocenters. The Morgan fingerprint density at radius 2 is 1.79 bits per heavy atom. The van der Waals surface area contributed by atoms with Gasteiger partial charge in [0.05, 0.1) is 24.6 Å². The summed E-state index contributed by atoms with van der Waals surface area (Å²) in [5.41, 5.74) is 3.95. The average Bonchev–Trinajstić information content (AvgIpc) is 2.73. The van der Waals surface area contributed by atoms with Gasteiger partial charge >= 0.3 is 5.97 Å². The zero-order valence-electron chi connectivity index (χ0n) is 17.7. The van der Waals surface area contributed by atoms with Crippen molar-refractivity contribution in [3.63, 3.8) is 0 Å². The molecule has 0 amide bonds. The van der Waals surface area contributed by atoms with Crippen LogP contribution in [0.1, 0.15) is 38.7 Å². The van der Waals surface area contributed by atoms with Gasteiger partial charge in [0, 0.05) is 11.5 Å². The molecule has 152 valence electrons. The van der Waals surface area contributed by atoms with Crippen molar-refractivity contribution in [2.24, 2.45) is 5.41 Å². The van der Waals surface area contributed by atoms with E-state index >= 15 is 0 Å². The normalized spacial score (nSPS) is 11.4. The summed E-state index contributed by atoms with van der Waals surface area (Å²) in [6, 6.07) is 18.6. The standard InChI is InChI=1S/C25H29NO3/c1-18-12-13-22-21(16-18)20(19-10-6-5-7-11-19)17-23(26-22)29-15-9-8-14-25(2,3)24(27)28-4/h5-7,10-13,16-17H,8-9,14-15H2,1-4H3. The summed E-state index contributed by atoms with van der Waals surface area (Å²) in [5.74, 6) is 0.463. The highest BCUT2D eigenvalue weighted by Crippen LogP contribution is 2.32. The molecule has 4 heteroatoms. The van der Waals surface area contributed by atoms with Gasteiger partial charge in [-0.3, -0.25) is 4.79 Å². The quantitative estimate of drug-likeness (QED) is 0.351. The number of nitrogens with zero attached hydrogens (tertiary/aromatic N) is 1. The Morgan fingerprint density at radius 3 is 2.52 bits per heavy atom. The van der Waals surface area contributed by atoms with Gasteiger partial charge in [-0.05, 0) is 63.3 Å². The van der Waals surface area contributed by atoms with Crippen LogP contribution in [0.25, 0.3) is 22.0 Å². The van der Waals surface area contributed by atoms with Gasteiger partial charge in [-0.15, -0.1) is 0 Å². The molecule has 0 spiro atoms. The Kier molecular flexibility index (Phi) is 6.53. The Morgan fingerprint density at radius 1 is 1.03 bits per heavy atom. The SMILES string of the molecule is COC(=O)C(C)(C)CCCCOc1cc(-c2ccccc2)c2cc(C)ccc2n1. The zero-order valence-corrected chi connectivity index (χ0v) is 17.7. The molecule has 0 saturated carbocycles. The summed E-state index contributed by atoms with van der Waals surface area (Å²) < 4.78 is 10.8. The van der Waals surface area contributed by atoms with Gasteiger partial charge in [-0.25, -0.2) is 4.98 Å². The second kappa shape index (κ2) is 9.08. The van der Waals surface area contributed by atoms with Crippen molar-refractivity contribution in [2.75, 3.05) is 13.7 Å². The monoisotopic (exact) mass is 391 g/mol. The number of hydrogen-bond donors (Lipinski definition) is 0. The van der Waals surface area contributed by atoms with Gasteiger partial charge in [-0.2, -0.15) is 0 Å². The molecule has 0 bridgehead atoms. The number of methoxy groups -OCH3 is 1. The topological polar surface area (TPSA) is 48.4 Å². The van der Waals surface area contributed by atoms with E-state index in [-0.39, 0.29) is 5.97 Å². The smallest absolute Gasteiger partial charge is 0.311 e. The Labute approximate surface area is 172 Å². The Bertz CT molecular complexity index is 980. The molecule has 0 unspecified atom stereocenters. The van der Waals surface area contributed by atoms with Crippen LogP contribution < -0.4 is 4.74 Å². The minimum absolute atomic E-state index is 0.169. The van der Waals surface area contributed by atoms with Crippen molar-refractivity contribution >= 4 is 16.9 Å². The van der Waals surface area contributed by atoms with Crippen molar-refractivity contribution in [3.05, 3.63) is 60.2 Å². The summed E-state index contributed by atoms with van der Waals surface area (Å²) in [6.45, 7) is 6.49. The number of rotatable bonds is 8. The van der Waals surface area contributed by atoms with Crippen molar-refractivity contribution in [3.8, 4) is 17.0 Å². The fraction of sp³-hybridized carbons (Fsp3) is 0.360. The minimum atomic E-state index is -0.464. The van der Waals surface area contributed by atoms with Gasteiger partial charge in [0.2, 0.25) is 5.88 Å². The number of unbranched alkanes of at least 4 members (excludes halogenated alkanes) is 1. The summed E-state index contributed by atoms with van der Waals surface area (Å²) in [5, 5.41) is 1.13. The molecule has 0 N–H and O–H groups in total. The first-order valence-electron chi connectivity index (χ1n) is 10.1. The van der Waals surface area contributed by atoms with Crippen molar-refractivity contribution in [2.45, 2.75) is 40.0 Å². The molecule has 3 aromatic rings. The van der Waals surface area contributed by atoms with Crippen LogP contribution in [0.5, 0.6) is 5.88 Å². The molecule has 3 rings (SSSR count). The molecule has 29 heavy (non-hydrogen) atoms. The van der Waals surface area contributed by atoms with Crippen LogP contribution in [0.3, 0.4) is 0 Å². The van der Waals surface area contributed by atoms with Crippen LogP contribution in [-0.4, -0.2) is 24.7 Å². The predicted molar refractivity (Wildman–Crippen MR) is 117 cm³/mol. The lowest BCUT2D eigenvalue weighted by atomic mass is 9.87. The van der Waals surface area contributed by atoms with Crippen molar-refractivity contribution < 1.29 is 14.3 Å². The van der Waals surface area contributed by atoms with E-state index in [0.29, 0.717) is 12.5 Å². The molecule has 0 fully saturated rings. The molecule has 0 radical (unpaired) electrons. The molecule has 1 heterocycles. The number of aromatic nitrogens is 1. The van der Waals surface area contributed by atoms with E-state index in [2.05, 4.69) is 31.2 Å². The van der Waals surface area contributed by atoms with E-state index < -0.39 is 5.41 Å². The number of esters is 1. The molecule has 0 aliphatic rings. The van der Waals surface area contributed by atoms with Gasteiger partial charge in [0.15, 0.2) is 0 Å². The second-order valence-electron chi connectivity index (χ2n) is 8.08. The summed E-state index contributed by atoms with van der Waals surface area (Å²) >= 11 is 0. The fourth-order valence-corrected chi connectivity index (χ4v) is 3.47.